The van der Waals surface area contributed by atoms with Crippen LogP contribution in [-0.2, 0) is 17.9 Å². The molecule has 170 valence electrons. The minimum Gasteiger partial charge on any atom is -0.485 e. The van der Waals surface area contributed by atoms with Crippen molar-refractivity contribution in [2.75, 3.05) is 13.0 Å². The number of aromatic nitrogens is 2. The highest BCUT2D eigenvalue weighted by Gasteiger charge is 2.16. The number of para-hydroxylation sites is 3. The van der Waals surface area contributed by atoms with Crippen LogP contribution in [0.3, 0.4) is 0 Å². The zero-order chi connectivity index (χ0) is 23.2. The summed E-state index contributed by atoms with van der Waals surface area (Å²) in [5.74, 6) is 1.17. The molecule has 0 N–H and O–H groups in total. The fraction of sp³-hybridized carbons (Fsp3) is 0.231. The Bertz CT molecular complexity index is 1260. The summed E-state index contributed by atoms with van der Waals surface area (Å²) < 4.78 is 13.0. The first-order chi connectivity index (χ1) is 16.1. The van der Waals surface area contributed by atoms with Crippen molar-refractivity contribution in [1.82, 2.24) is 9.55 Å². The Kier molecular flexibility index (Phi) is 7.53. The fourth-order valence-electron chi connectivity index (χ4n) is 3.75. The van der Waals surface area contributed by atoms with E-state index in [1.54, 1.807) is 18.2 Å². The highest BCUT2D eigenvalue weighted by Crippen LogP contribution is 2.25. The third-order valence-corrected chi connectivity index (χ3v) is 6.20. The second kappa shape index (κ2) is 10.7. The average Bonchev–Trinajstić information content (AvgIpc) is 3.18. The van der Waals surface area contributed by atoms with Gasteiger partial charge in [0.2, 0.25) is 0 Å². The molecule has 4 rings (SSSR count). The molecule has 0 amide bonds. The van der Waals surface area contributed by atoms with Crippen LogP contribution in [0.5, 0.6) is 5.75 Å². The molecule has 0 saturated heterocycles. The molecule has 33 heavy (non-hydrogen) atoms. The molecule has 7 heteroatoms. The van der Waals surface area contributed by atoms with Crippen LogP contribution in [0.15, 0.2) is 82.9 Å². The molecule has 3 aromatic rings. The summed E-state index contributed by atoms with van der Waals surface area (Å²) in [6, 6.07) is 15.0. The lowest BCUT2D eigenvalue weighted by atomic mass is 10.1. The molecule has 0 aliphatic heterocycles. The minimum atomic E-state index is -0.439. The van der Waals surface area contributed by atoms with Crippen LogP contribution in [0.4, 0.5) is 0 Å². The van der Waals surface area contributed by atoms with E-state index >= 15 is 0 Å². The first-order valence-corrected chi connectivity index (χ1v) is 11.6. The van der Waals surface area contributed by atoms with Gasteiger partial charge in [0.15, 0.2) is 0 Å². The van der Waals surface area contributed by atoms with Gasteiger partial charge in [-0.15, -0.1) is 11.6 Å². The van der Waals surface area contributed by atoms with Crippen molar-refractivity contribution >= 4 is 40.2 Å². The summed E-state index contributed by atoms with van der Waals surface area (Å²) in [5.41, 5.74) is 4.37. The Labute approximate surface area is 202 Å². The molecule has 0 unspecified atom stereocenters. The number of nitrogens with zero attached hydrogens (tertiary/aromatic N) is 2. The van der Waals surface area contributed by atoms with Crippen LogP contribution in [-0.4, -0.2) is 28.5 Å². The summed E-state index contributed by atoms with van der Waals surface area (Å²) >= 11 is 12.4. The van der Waals surface area contributed by atoms with Gasteiger partial charge < -0.3 is 14.0 Å². The van der Waals surface area contributed by atoms with Crippen molar-refractivity contribution < 1.29 is 14.3 Å². The van der Waals surface area contributed by atoms with Crippen LogP contribution >= 0.6 is 23.2 Å². The molecule has 1 aliphatic carbocycles. The summed E-state index contributed by atoms with van der Waals surface area (Å²) in [6.45, 7) is 0.833. The largest absolute Gasteiger partial charge is 0.485 e. The number of carbonyl (C=O) groups excluding carboxylic acids is 1. The number of esters is 1. The van der Waals surface area contributed by atoms with Gasteiger partial charge in [-0.3, -0.25) is 0 Å². The zero-order valence-electron chi connectivity index (χ0n) is 18.3. The van der Waals surface area contributed by atoms with Crippen molar-refractivity contribution in [3.63, 3.8) is 0 Å². The summed E-state index contributed by atoms with van der Waals surface area (Å²) in [6.07, 6.45) is 7.84. The highest BCUT2D eigenvalue weighted by atomic mass is 35.5. The van der Waals surface area contributed by atoms with E-state index < -0.39 is 5.97 Å². The summed E-state index contributed by atoms with van der Waals surface area (Å²) in [7, 11) is 1.35. The van der Waals surface area contributed by atoms with Crippen LogP contribution in [0, 0.1) is 0 Å². The zero-order valence-corrected chi connectivity index (χ0v) is 19.8. The van der Waals surface area contributed by atoms with Crippen molar-refractivity contribution in [2.24, 2.45) is 0 Å². The third kappa shape index (κ3) is 5.32. The van der Waals surface area contributed by atoms with Gasteiger partial charge in [0.25, 0.3) is 0 Å². The van der Waals surface area contributed by atoms with Gasteiger partial charge in [-0.2, -0.15) is 0 Å². The first kappa shape index (κ1) is 23.1. The molecular formula is C26H24Cl2N2O3. The number of ether oxygens (including phenoxy) is 2. The lowest BCUT2D eigenvalue weighted by molar-refractivity contribution is 0.0595. The smallest absolute Gasteiger partial charge is 0.341 e. The van der Waals surface area contributed by atoms with Crippen molar-refractivity contribution in [1.29, 1.82) is 0 Å². The SMILES string of the molecule is COC(=O)c1ccccc1OCc1nc2ccccc2n1CC1=C/CCC(Cl)=C(CCl)/C=C\1. The van der Waals surface area contributed by atoms with Crippen LogP contribution in [0.2, 0.25) is 0 Å². The molecule has 0 bridgehead atoms. The van der Waals surface area contributed by atoms with Crippen molar-refractivity contribution in [3.05, 3.63) is 94.3 Å². The maximum atomic E-state index is 12.1. The number of halogens is 2. The number of fused-ring (bicyclic) bond motifs is 1. The first-order valence-electron chi connectivity index (χ1n) is 10.7. The second-order valence-electron chi connectivity index (χ2n) is 7.59. The lowest BCUT2D eigenvalue weighted by Gasteiger charge is -2.14. The number of allylic oxidation sites excluding steroid dienone is 6. The number of benzene rings is 2. The molecule has 5 nitrogen and oxygen atoms in total. The Hall–Kier alpha value is -3.02. The number of alkyl halides is 1. The monoisotopic (exact) mass is 482 g/mol. The van der Waals surface area contributed by atoms with E-state index in [1.165, 1.54) is 7.11 Å². The molecule has 2 aromatic carbocycles. The number of hydrogen-bond donors (Lipinski definition) is 0. The van der Waals surface area contributed by atoms with E-state index in [0.717, 1.165) is 45.9 Å². The van der Waals surface area contributed by atoms with E-state index in [4.69, 9.17) is 37.7 Å². The number of carbonyl (C=O) groups is 1. The molecule has 1 aliphatic rings. The standard InChI is InChI=1S/C26H24Cl2N2O3/c1-32-26(31)20-8-2-5-12-24(20)33-17-25-29-22-10-3-4-11-23(22)30(25)16-18-7-6-9-21(28)19(15-27)14-13-18/h2-5,7-8,10-14H,6,9,15-17H2,1H3/b14-13-,18-7+,21-19?. The Morgan fingerprint density at radius 2 is 1.91 bits per heavy atom. The Morgan fingerprint density at radius 1 is 1.12 bits per heavy atom. The molecule has 0 spiro atoms. The molecule has 1 heterocycles. The van der Waals surface area contributed by atoms with Crippen LogP contribution < -0.4 is 4.74 Å². The molecule has 1 aromatic heterocycles. The fourth-order valence-corrected chi connectivity index (χ4v) is 4.31. The van der Waals surface area contributed by atoms with E-state index in [1.807, 2.05) is 36.4 Å². The second-order valence-corrected chi connectivity index (χ2v) is 8.32. The van der Waals surface area contributed by atoms with Crippen molar-refractivity contribution in [3.8, 4) is 5.75 Å². The van der Waals surface area contributed by atoms with Gasteiger partial charge in [-0.25, -0.2) is 9.78 Å². The number of hydrogen-bond acceptors (Lipinski definition) is 4. The van der Waals surface area contributed by atoms with Gasteiger partial charge in [-0.1, -0.05) is 54.1 Å². The molecule has 0 radical (unpaired) electrons. The molecular weight excluding hydrogens is 459 g/mol. The highest BCUT2D eigenvalue weighted by molar-refractivity contribution is 6.31. The Morgan fingerprint density at radius 3 is 2.73 bits per heavy atom. The normalized spacial score (nSPS) is 16.6. The minimum absolute atomic E-state index is 0.207. The van der Waals surface area contributed by atoms with Gasteiger partial charge in [0.1, 0.15) is 23.7 Å². The summed E-state index contributed by atoms with van der Waals surface area (Å²) in [4.78, 5) is 16.9. The molecule has 0 atom stereocenters. The van der Waals surface area contributed by atoms with Crippen molar-refractivity contribution in [2.45, 2.75) is 26.0 Å². The van der Waals surface area contributed by atoms with E-state index in [2.05, 4.69) is 16.7 Å². The quantitative estimate of drug-likeness (QED) is 0.288. The maximum Gasteiger partial charge on any atom is 0.341 e. The van der Waals surface area contributed by atoms with Gasteiger partial charge >= 0.3 is 5.97 Å². The van der Waals surface area contributed by atoms with E-state index in [0.29, 0.717) is 23.7 Å². The van der Waals surface area contributed by atoms with Gasteiger partial charge in [0, 0.05) is 17.5 Å². The van der Waals surface area contributed by atoms with E-state index in [9.17, 15) is 4.79 Å². The average molecular weight is 483 g/mol. The van der Waals surface area contributed by atoms with Crippen LogP contribution in [0.1, 0.15) is 29.0 Å². The van der Waals surface area contributed by atoms with Crippen LogP contribution in [0.25, 0.3) is 11.0 Å². The molecule has 0 fully saturated rings. The topological polar surface area (TPSA) is 53.4 Å². The maximum absolute atomic E-state index is 12.1. The number of methoxy groups -OCH3 is 1. The predicted octanol–water partition coefficient (Wildman–Crippen LogP) is 6.41. The number of rotatable bonds is 7. The van der Waals surface area contributed by atoms with Gasteiger partial charge in [0.05, 0.1) is 18.1 Å². The van der Waals surface area contributed by atoms with Gasteiger partial charge in [-0.05, 0) is 48.3 Å². The lowest BCUT2D eigenvalue weighted by Crippen LogP contribution is -2.11. The summed E-state index contributed by atoms with van der Waals surface area (Å²) in [5, 5.41) is 0.808. The Balaban J connectivity index is 1.64. The van der Waals surface area contributed by atoms with E-state index in [-0.39, 0.29) is 6.61 Å². The third-order valence-electron chi connectivity index (χ3n) is 5.48. The molecule has 0 saturated carbocycles. The predicted molar refractivity (Wildman–Crippen MR) is 132 cm³/mol. The number of imidazole rings is 1.